The van der Waals surface area contributed by atoms with Gasteiger partial charge in [-0.15, -0.1) is 0 Å². The molecule has 2 rings (SSSR count). The van der Waals surface area contributed by atoms with E-state index in [-0.39, 0.29) is 17.9 Å². The van der Waals surface area contributed by atoms with Crippen LogP contribution < -0.4 is 5.73 Å². The van der Waals surface area contributed by atoms with Crippen molar-refractivity contribution in [1.29, 1.82) is 0 Å². The number of aliphatic hydroxyl groups is 1. The van der Waals surface area contributed by atoms with Gasteiger partial charge in [-0.05, 0) is 12.5 Å². The number of pyridine rings is 1. The molecule has 0 radical (unpaired) electrons. The Hall–Kier alpha value is -2.35. The fourth-order valence-electron chi connectivity index (χ4n) is 1.96. The zero-order valence-corrected chi connectivity index (χ0v) is 11.9. The van der Waals surface area contributed by atoms with Gasteiger partial charge in [0.2, 0.25) is 0 Å². The van der Waals surface area contributed by atoms with Crippen LogP contribution in [0.1, 0.15) is 24.7 Å². The van der Waals surface area contributed by atoms with Crippen LogP contribution in [0.2, 0.25) is 0 Å². The Morgan fingerprint density at radius 3 is 2.68 bits per heavy atom. The summed E-state index contributed by atoms with van der Waals surface area (Å²) in [6, 6.07) is 0.894. The van der Waals surface area contributed by atoms with E-state index < -0.39 is 17.6 Å². The van der Waals surface area contributed by atoms with Crippen molar-refractivity contribution in [3.05, 3.63) is 36.4 Å². The molecule has 0 aliphatic rings. The lowest BCUT2D eigenvalue weighted by Gasteiger charge is -2.09. The van der Waals surface area contributed by atoms with Crippen LogP contribution in [0.15, 0.2) is 25.0 Å². The molecule has 8 heteroatoms. The fraction of sp³-hybridized carbons (Fsp3) is 0.286. The van der Waals surface area contributed by atoms with Crippen molar-refractivity contribution in [2.24, 2.45) is 0 Å². The number of nitrogen functional groups attached to an aromatic ring is 1. The van der Waals surface area contributed by atoms with Gasteiger partial charge >= 0.3 is 6.18 Å². The average molecular weight is 312 g/mol. The van der Waals surface area contributed by atoms with E-state index in [9.17, 15) is 18.3 Å². The Balaban J connectivity index is 2.53. The smallest absolute Gasteiger partial charge is 0.388 e. The molecular formula is C14H15F3N4O. The maximum absolute atomic E-state index is 12.9. The average Bonchev–Trinajstić information content (AvgIpc) is 2.90. The zero-order valence-electron chi connectivity index (χ0n) is 11.9. The molecule has 3 N–H and O–H groups in total. The van der Waals surface area contributed by atoms with Crippen LogP contribution in [-0.2, 0) is 12.8 Å². The highest BCUT2D eigenvalue weighted by molar-refractivity contribution is 5.63. The Bertz CT molecular complexity index is 707. The van der Waals surface area contributed by atoms with Gasteiger partial charge in [-0.3, -0.25) is 0 Å². The van der Waals surface area contributed by atoms with Crippen LogP contribution >= 0.6 is 0 Å². The van der Waals surface area contributed by atoms with Gasteiger partial charge in [0.1, 0.15) is 18.2 Å². The molecule has 0 spiro atoms. The summed E-state index contributed by atoms with van der Waals surface area (Å²) >= 11 is 0. The minimum absolute atomic E-state index is 0.166. The molecule has 0 bridgehead atoms. The van der Waals surface area contributed by atoms with Gasteiger partial charge in [0.15, 0.2) is 0 Å². The molecule has 0 fully saturated rings. The van der Waals surface area contributed by atoms with Crippen LogP contribution in [0, 0.1) is 0 Å². The Labute approximate surface area is 124 Å². The molecule has 0 aliphatic heterocycles. The molecule has 0 unspecified atom stereocenters. The zero-order chi connectivity index (χ0) is 16.5. The summed E-state index contributed by atoms with van der Waals surface area (Å²) in [5, 5.41) is 9.31. The third-order valence-electron chi connectivity index (χ3n) is 3.19. The van der Waals surface area contributed by atoms with E-state index in [1.807, 2.05) is 6.92 Å². The third kappa shape index (κ3) is 2.96. The first-order valence-electron chi connectivity index (χ1n) is 6.48. The lowest BCUT2D eigenvalue weighted by Crippen LogP contribution is -2.10. The van der Waals surface area contributed by atoms with Gasteiger partial charge in [0.25, 0.3) is 0 Å². The number of hydrogen-bond acceptors (Lipinski definition) is 4. The normalized spacial score (nSPS) is 11.7. The molecule has 2 heterocycles. The van der Waals surface area contributed by atoms with Crippen LogP contribution in [0.5, 0.6) is 0 Å². The van der Waals surface area contributed by atoms with Gasteiger partial charge in [0.05, 0.1) is 11.3 Å². The minimum atomic E-state index is -4.59. The van der Waals surface area contributed by atoms with Crippen LogP contribution in [0.4, 0.5) is 19.0 Å². The Morgan fingerprint density at radius 2 is 2.14 bits per heavy atom. The highest BCUT2D eigenvalue weighted by Gasteiger charge is 2.34. The number of aromatic nitrogens is 3. The highest BCUT2D eigenvalue weighted by Crippen LogP contribution is 2.35. The molecule has 2 aromatic rings. The summed E-state index contributed by atoms with van der Waals surface area (Å²) in [6.45, 7) is 5.34. The van der Waals surface area contributed by atoms with Crippen molar-refractivity contribution in [3.8, 4) is 11.3 Å². The second-order valence-electron chi connectivity index (χ2n) is 4.64. The van der Waals surface area contributed by atoms with Crippen LogP contribution in [-0.4, -0.2) is 19.6 Å². The first-order chi connectivity index (χ1) is 10.3. The summed E-state index contributed by atoms with van der Waals surface area (Å²) in [5.74, 6) is -0.289. The van der Waals surface area contributed by atoms with Crippen molar-refractivity contribution in [2.75, 3.05) is 5.73 Å². The molecule has 2 aromatic heterocycles. The molecule has 118 valence electrons. The third-order valence-corrected chi connectivity index (χ3v) is 3.19. The van der Waals surface area contributed by atoms with E-state index in [1.54, 1.807) is 4.57 Å². The van der Waals surface area contributed by atoms with Gasteiger partial charge in [-0.25, -0.2) is 9.97 Å². The van der Waals surface area contributed by atoms with Crippen LogP contribution in [0.25, 0.3) is 17.0 Å². The molecule has 0 saturated heterocycles. The molecule has 0 aromatic carbocycles. The minimum Gasteiger partial charge on any atom is -0.388 e. The fourth-order valence-corrected chi connectivity index (χ4v) is 1.96. The number of hydrogen-bond donors (Lipinski definition) is 2. The number of nitrogens with two attached hydrogens (primary N) is 1. The Morgan fingerprint density at radius 1 is 1.45 bits per heavy atom. The number of nitrogens with zero attached hydrogens (tertiary/aromatic N) is 3. The molecule has 22 heavy (non-hydrogen) atoms. The first kappa shape index (κ1) is 16.0. The van der Waals surface area contributed by atoms with Gasteiger partial charge in [-0.2, -0.15) is 13.2 Å². The predicted molar refractivity (Wildman–Crippen MR) is 76.4 cm³/mol. The summed E-state index contributed by atoms with van der Waals surface area (Å²) in [5.41, 5.74) is 5.35. The lowest BCUT2D eigenvalue weighted by atomic mass is 10.1. The van der Waals surface area contributed by atoms with Crippen molar-refractivity contribution < 1.29 is 18.3 Å². The monoisotopic (exact) mass is 312 g/mol. The first-order valence-corrected chi connectivity index (χ1v) is 6.48. The number of imidazole rings is 1. The van der Waals surface area contributed by atoms with Gasteiger partial charge < -0.3 is 15.4 Å². The van der Waals surface area contributed by atoms with E-state index in [2.05, 4.69) is 16.5 Å². The standard InChI is InChI=1S/C14H15F3N4O/c1-3-8(2)21-6-11(20-12(21)7-22)9-4-10(14(15,16)17)13(18)19-5-9/h4-6,22H,2-3,7H2,1H3,(H2,18,19). The molecule has 0 aliphatic carbocycles. The Kier molecular flexibility index (Phi) is 4.23. The summed E-state index contributed by atoms with van der Waals surface area (Å²) in [4.78, 5) is 7.70. The van der Waals surface area contributed by atoms with Crippen molar-refractivity contribution >= 4 is 11.5 Å². The quantitative estimate of drug-likeness (QED) is 0.910. The maximum Gasteiger partial charge on any atom is 0.419 e. The number of aliphatic hydroxyl groups excluding tert-OH is 1. The molecule has 5 nitrogen and oxygen atoms in total. The molecular weight excluding hydrogens is 297 g/mol. The second kappa shape index (κ2) is 5.80. The van der Waals surface area contributed by atoms with E-state index >= 15 is 0 Å². The van der Waals surface area contributed by atoms with E-state index in [4.69, 9.17) is 5.73 Å². The largest absolute Gasteiger partial charge is 0.419 e. The topological polar surface area (TPSA) is 77.0 Å². The highest BCUT2D eigenvalue weighted by atomic mass is 19.4. The number of alkyl halides is 3. The molecule has 0 amide bonds. The number of anilines is 1. The van der Waals surface area contributed by atoms with Crippen molar-refractivity contribution in [3.63, 3.8) is 0 Å². The van der Waals surface area contributed by atoms with Crippen LogP contribution in [0.3, 0.4) is 0 Å². The van der Waals surface area contributed by atoms with E-state index in [0.717, 1.165) is 6.07 Å². The van der Waals surface area contributed by atoms with E-state index in [0.29, 0.717) is 17.9 Å². The van der Waals surface area contributed by atoms with Gasteiger partial charge in [0, 0.05) is 23.7 Å². The SMILES string of the molecule is C=C(CC)n1cc(-c2cnc(N)c(C(F)(F)F)c2)nc1CO. The number of rotatable bonds is 4. The number of halogens is 3. The van der Waals surface area contributed by atoms with Crippen molar-refractivity contribution in [2.45, 2.75) is 26.1 Å². The van der Waals surface area contributed by atoms with Gasteiger partial charge in [-0.1, -0.05) is 13.5 Å². The predicted octanol–water partition coefficient (Wildman–Crippen LogP) is 2.92. The summed E-state index contributed by atoms with van der Waals surface area (Å²) < 4.78 is 40.2. The lowest BCUT2D eigenvalue weighted by molar-refractivity contribution is -0.137. The van der Waals surface area contributed by atoms with Crippen molar-refractivity contribution in [1.82, 2.24) is 14.5 Å². The maximum atomic E-state index is 12.9. The number of allylic oxidation sites excluding steroid dienone is 1. The summed E-state index contributed by atoms with van der Waals surface area (Å²) in [6.07, 6.45) is -1.25. The second-order valence-corrected chi connectivity index (χ2v) is 4.64. The molecule has 0 atom stereocenters. The summed E-state index contributed by atoms with van der Waals surface area (Å²) in [7, 11) is 0. The van der Waals surface area contributed by atoms with E-state index in [1.165, 1.54) is 12.4 Å². The molecule has 0 saturated carbocycles.